The van der Waals surface area contributed by atoms with Crippen LogP contribution in [0.15, 0.2) is 47.6 Å². The minimum Gasteiger partial charge on any atom is -0.497 e. The first-order valence-corrected chi connectivity index (χ1v) is 11.7. The van der Waals surface area contributed by atoms with Crippen LogP contribution in [0.5, 0.6) is 5.75 Å². The summed E-state index contributed by atoms with van der Waals surface area (Å²) >= 11 is 1.32. The molecule has 0 unspecified atom stereocenters. The van der Waals surface area contributed by atoms with Crippen molar-refractivity contribution < 1.29 is 14.3 Å². The van der Waals surface area contributed by atoms with E-state index in [9.17, 15) is 9.59 Å². The first kappa shape index (κ1) is 24.3. The summed E-state index contributed by atoms with van der Waals surface area (Å²) in [4.78, 5) is 25.1. The Morgan fingerprint density at radius 1 is 1.12 bits per heavy atom. The zero-order valence-electron chi connectivity index (χ0n) is 19.5. The van der Waals surface area contributed by atoms with Gasteiger partial charge in [0, 0.05) is 17.8 Å². The van der Waals surface area contributed by atoms with Gasteiger partial charge in [0.2, 0.25) is 5.91 Å². The topological polar surface area (TPSA) is 98.1 Å². The maximum absolute atomic E-state index is 12.6. The summed E-state index contributed by atoms with van der Waals surface area (Å²) in [6.07, 6.45) is 0. The fourth-order valence-electron chi connectivity index (χ4n) is 3.30. The van der Waals surface area contributed by atoms with Gasteiger partial charge in [0.05, 0.1) is 18.9 Å². The quantitative estimate of drug-likeness (QED) is 0.459. The van der Waals surface area contributed by atoms with Gasteiger partial charge < -0.3 is 19.9 Å². The van der Waals surface area contributed by atoms with Gasteiger partial charge in [0.25, 0.3) is 5.91 Å². The molecule has 3 rings (SSSR count). The smallest absolute Gasteiger partial charge is 0.251 e. The zero-order valence-corrected chi connectivity index (χ0v) is 20.3. The van der Waals surface area contributed by atoms with Crippen LogP contribution in [0.1, 0.15) is 47.2 Å². The number of ether oxygens (including phenoxy) is 1. The van der Waals surface area contributed by atoms with Gasteiger partial charge in [0.1, 0.15) is 5.75 Å². The number of anilines is 1. The first-order chi connectivity index (χ1) is 15.8. The fraction of sp³-hybridized carbons (Fsp3) is 0.333. The summed E-state index contributed by atoms with van der Waals surface area (Å²) in [7, 11) is 1.58. The van der Waals surface area contributed by atoms with E-state index in [1.807, 2.05) is 50.5 Å². The van der Waals surface area contributed by atoms with Crippen LogP contribution in [-0.4, -0.2) is 39.4 Å². The molecule has 0 radical (unpaired) electrons. The average Bonchev–Trinajstić information content (AvgIpc) is 3.23. The number of rotatable bonds is 9. The Kier molecular flexibility index (Phi) is 8.11. The van der Waals surface area contributed by atoms with Crippen molar-refractivity contribution in [2.24, 2.45) is 0 Å². The number of carbonyl (C=O) groups excluding carboxylic acids is 2. The normalized spacial score (nSPS) is 11.7. The molecule has 0 aliphatic carbocycles. The molecule has 0 aliphatic heterocycles. The Labute approximate surface area is 198 Å². The summed E-state index contributed by atoms with van der Waals surface area (Å²) in [6.45, 7) is 8.41. The summed E-state index contributed by atoms with van der Waals surface area (Å²) in [5, 5.41) is 15.1. The molecule has 9 heteroatoms. The van der Waals surface area contributed by atoms with E-state index in [1.54, 1.807) is 31.4 Å². The van der Waals surface area contributed by atoms with Crippen molar-refractivity contribution in [1.82, 2.24) is 20.1 Å². The molecule has 0 fully saturated rings. The lowest BCUT2D eigenvalue weighted by Gasteiger charge is -2.15. The molecular formula is C24H29N5O3S. The van der Waals surface area contributed by atoms with Crippen LogP contribution in [-0.2, 0) is 11.3 Å². The Bertz CT molecular complexity index is 1130. The highest BCUT2D eigenvalue weighted by molar-refractivity contribution is 7.99. The van der Waals surface area contributed by atoms with Gasteiger partial charge in [-0.25, -0.2) is 0 Å². The van der Waals surface area contributed by atoms with Crippen molar-refractivity contribution in [3.8, 4) is 5.75 Å². The van der Waals surface area contributed by atoms with E-state index in [4.69, 9.17) is 4.74 Å². The van der Waals surface area contributed by atoms with E-state index >= 15 is 0 Å². The zero-order chi connectivity index (χ0) is 24.0. The number of nitrogens with one attached hydrogen (secondary N) is 2. The highest BCUT2D eigenvalue weighted by Crippen LogP contribution is 2.22. The Hall–Kier alpha value is -3.33. The molecule has 2 aromatic carbocycles. The van der Waals surface area contributed by atoms with Gasteiger partial charge >= 0.3 is 0 Å². The molecule has 2 amide bonds. The number of thioether (sulfide) groups is 1. The van der Waals surface area contributed by atoms with Gasteiger partial charge in [-0.15, -0.1) is 10.2 Å². The SMILES string of the molecule is CCn1c(SCC(=O)Nc2cc(C)ccc2C)nnc1[C@@H](C)NC(=O)c1ccc(OC)cc1. The lowest BCUT2D eigenvalue weighted by Crippen LogP contribution is -2.28. The van der Waals surface area contributed by atoms with E-state index in [-0.39, 0.29) is 23.6 Å². The number of carbonyl (C=O) groups is 2. The first-order valence-electron chi connectivity index (χ1n) is 10.7. The van der Waals surface area contributed by atoms with Gasteiger partial charge in [-0.2, -0.15) is 0 Å². The van der Waals surface area contributed by atoms with E-state index in [2.05, 4.69) is 20.8 Å². The average molecular weight is 468 g/mol. The van der Waals surface area contributed by atoms with Gasteiger partial charge in [-0.1, -0.05) is 23.9 Å². The van der Waals surface area contributed by atoms with Gasteiger partial charge in [0.15, 0.2) is 11.0 Å². The van der Waals surface area contributed by atoms with E-state index in [0.29, 0.717) is 28.8 Å². The van der Waals surface area contributed by atoms with Crippen LogP contribution in [0, 0.1) is 13.8 Å². The molecule has 33 heavy (non-hydrogen) atoms. The number of aryl methyl sites for hydroxylation is 2. The second kappa shape index (κ2) is 11.0. The predicted octanol–water partition coefficient (Wildman–Crippen LogP) is 4.15. The van der Waals surface area contributed by atoms with Crippen LogP contribution < -0.4 is 15.4 Å². The van der Waals surface area contributed by atoms with Crippen LogP contribution in [0.2, 0.25) is 0 Å². The number of nitrogens with zero attached hydrogens (tertiary/aromatic N) is 3. The molecule has 8 nitrogen and oxygen atoms in total. The van der Waals surface area contributed by atoms with Crippen molar-refractivity contribution >= 4 is 29.3 Å². The van der Waals surface area contributed by atoms with Crippen molar-refractivity contribution in [2.75, 3.05) is 18.2 Å². The summed E-state index contributed by atoms with van der Waals surface area (Å²) in [6, 6.07) is 12.5. The Balaban J connectivity index is 1.63. The van der Waals surface area contributed by atoms with E-state index < -0.39 is 0 Å². The number of amides is 2. The summed E-state index contributed by atoms with van der Waals surface area (Å²) in [5.74, 6) is 1.21. The molecule has 2 N–H and O–H groups in total. The van der Waals surface area contributed by atoms with Crippen molar-refractivity contribution in [2.45, 2.75) is 45.4 Å². The minimum atomic E-state index is -0.356. The monoisotopic (exact) mass is 467 g/mol. The molecule has 0 saturated heterocycles. The van der Waals surface area contributed by atoms with Gasteiger partial charge in [-0.05, 0) is 69.2 Å². The number of hydrogen-bond acceptors (Lipinski definition) is 6. The minimum absolute atomic E-state index is 0.109. The van der Waals surface area contributed by atoms with Crippen molar-refractivity contribution in [3.63, 3.8) is 0 Å². The molecule has 1 atom stereocenters. The van der Waals surface area contributed by atoms with Gasteiger partial charge in [-0.3, -0.25) is 9.59 Å². The molecule has 3 aromatic rings. The molecule has 1 heterocycles. The highest BCUT2D eigenvalue weighted by atomic mass is 32.2. The molecule has 0 bridgehead atoms. The molecule has 0 aliphatic rings. The Morgan fingerprint density at radius 2 is 1.85 bits per heavy atom. The second-order valence-electron chi connectivity index (χ2n) is 7.66. The van der Waals surface area contributed by atoms with E-state index in [1.165, 1.54) is 11.8 Å². The second-order valence-corrected chi connectivity index (χ2v) is 8.61. The lowest BCUT2D eigenvalue weighted by molar-refractivity contribution is -0.113. The number of aromatic nitrogens is 3. The maximum atomic E-state index is 12.6. The van der Waals surface area contributed by atoms with Crippen LogP contribution in [0.3, 0.4) is 0 Å². The third-order valence-electron chi connectivity index (χ3n) is 5.15. The third kappa shape index (κ3) is 6.13. The number of hydrogen-bond donors (Lipinski definition) is 2. The highest BCUT2D eigenvalue weighted by Gasteiger charge is 2.20. The largest absolute Gasteiger partial charge is 0.497 e. The van der Waals surface area contributed by atoms with E-state index in [0.717, 1.165) is 16.8 Å². The summed E-state index contributed by atoms with van der Waals surface area (Å²) in [5.41, 5.74) is 3.44. The fourth-order valence-corrected chi connectivity index (χ4v) is 4.11. The molecular weight excluding hydrogens is 438 g/mol. The summed E-state index contributed by atoms with van der Waals surface area (Å²) < 4.78 is 7.04. The van der Waals surface area contributed by atoms with Crippen LogP contribution in [0.25, 0.3) is 0 Å². The predicted molar refractivity (Wildman–Crippen MR) is 130 cm³/mol. The number of methoxy groups -OCH3 is 1. The molecule has 0 saturated carbocycles. The molecule has 0 spiro atoms. The molecule has 174 valence electrons. The number of benzene rings is 2. The van der Waals surface area contributed by atoms with Crippen molar-refractivity contribution in [3.05, 3.63) is 65.0 Å². The Morgan fingerprint density at radius 3 is 2.52 bits per heavy atom. The van der Waals surface area contributed by atoms with Crippen LogP contribution in [0.4, 0.5) is 5.69 Å². The lowest BCUT2D eigenvalue weighted by atomic mass is 10.1. The van der Waals surface area contributed by atoms with Crippen LogP contribution >= 0.6 is 11.8 Å². The maximum Gasteiger partial charge on any atom is 0.251 e. The molecule has 1 aromatic heterocycles. The van der Waals surface area contributed by atoms with Crippen molar-refractivity contribution in [1.29, 1.82) is 0 Å². The standard InChI is InChI=1S/C24H29N5O3S/c1-6-29-22(17(4)25-23(31)18-9-11-19(32-5)12-10-18)27-28-24(29)33-14-21(30)26-20-13-15(2)7-8-16(20)3/h7-13,17H,6,14H2,1-5H3,(H,25,31)(H,26,30)/t17-/m1/s1. The third-order valence-corrected chi connectivity index (χ3v) is 6.12.